The molecule has 0 aliphatic heterocycles. The van der Waals surface area contributed by atoms with E-state index in [2.05, 4.69) is 10.3 Å². The van der Waals surface area contributed by atoms with E-state index in [4.69, 9.17) is 0 Å². The van der Waals surface area contributed by atoms with Crippen molar-refractivity contribution >= 4 is 11.4 Å². The van der Waals surface area contributed by atoms with E-state index >= 15 is 0 Å². The zero-order valence-electron chi connectivity index (χ0n) is 12.3. The number of aromatic nitrogens is 1. The van der Waals surface area contributed by atoms with Crippen molar-refractivity contribution in [3.05, 3.63) is 100 Å². The van der Waals surface area contributed by atoms with Crippen LogP contribution in [0.1, 0.15) is 17.2 Å². The molecule has 23 heavy (non-hydrogen) atoms. The van der Waals surface area contributed by atoms with Crippen LogP contribution in [0.3, 0.4) is 0 Å². The van der Waals surface area contributed by atoms with Gasteiger partial charge in [0.25, 0.3) is 5.69 Å². The van der Waals surface area contributed by atoms with Crippen molar-refractivity contribution in [3.63, 3.8) is 0 Å². The van der Waals surface area contributed by atoms with Gasteiger partial charge in [-0.1, -0.05) is 42.5 Å². The fourth-order valence-electron chi connectivity index (χ4n) is 2.47. The number of hydrogen-bond acceptors (Lipinski definition) is 4. The van der Waals surface area contributed by atoms with Gasteiger partial charge in [0.2, 0.25) is 0 Å². The second-order valence-electron chi connectivity index (χ2n) is 5.04. The molecule has 3 rings (SSSR count). The standard InChI is InChI=1S/C18H15N3O2/c22-21(23)17-9-5-4-8-16(17)20-18(14-6-2-1-3-7-14)15-10-12-19-13-11-15/h1-13,18,20H/t18-/m1/s1. The third-order valence-corrected chi connectivity index (χ3v) is 3.57. The quantitative estimate of drug-likeness (QED) is 0.567. The molecule has 1 N–H and O–H groups in total. The number of anilines is 1. The lowest BCUT2D eigenvalue weighted by atomic mass is 9.99. The fourth-order valence-corrected chi connectivity index (χ4v) is 2.47. The molecule has 0 radical (unpaired) electrons. The van der Waals surface area contributed by atoms with Crippen molar-refractivity contribution in [2.24, 2.45) is 0 Å². The molecule has 0 aliphatic carbocycles. The van der Waals surface area contributed by atoms with Crippen molar-refractivity contribution in [2.75, 3.05) is 5.32 Å². The van der Waals surface area contributed by atoms with Crippen molar-refractivity contribution in [3.8, 4) is 0 Å². The maximum absolute atomic E-state index is 11.2. The Balaban J connectivity index is 2.02. The van der Waals surface area contributed by atoms with Gasteiger partial charge in [0, 0.05) is 18.5 Å². The summed E-state index contributed by atoms with van der Waals surface area (Å²) >= 11 is 0. The highest BCUT2D eigenvalue weighted by Crippen LogP contribution is 2.31. The van der Waals surface area contributed by atoms with E-state index in [0.29, 0.717) is 5.69 Å². The molecule has 114 valence electrons. The van der Waals surface area contributed by atoms with Gasteiger partial charge in [0.15, 0.2) is 0 Å². The lowest BCUT2D eigenvalue weighted by Gasteiger charge is -2.20. The van der Waals surface area contributed by atoms with E-state index in [9.17, 15) is 10.1 Å². The molecule has 0 unspecified atom stereocenters. The second kappa shape index (κ2) is 6.70. The van der Waals surface area contributed by atoms with Gasteiger partial charge < -0.3 is 5.32 Å². The Morgan fingerprint density at radius 2 is 1.48 bits per heavy atom. The molecule has 0 amide bonds. The van der Waals surface area contributed by atoms with Crippen molar-refractivity contribution in [1.29, 1.82) is 0 Å². The number of hydrogen-bond donors (Lipinski definition) is 1. The summed E-state index contributed by atoms with van der Waals surface area (Å²) in [5.74, 6) is 0. The molecule has 1 heterocycles. The molecular formula is C18H15N3O2. The number of nitrogens with zero attached hydrogens (tertiary/aromatic N) is 2. The molecule has 0 saturated heterocycles. The predicted molar refractivity (Wildman–Crippen MR) is 89.2 cm³/mol. The van der Waals surface area contributed by atoms with E-state index in [1.54, 1.807) is 30.6 Å². The van der Waals surface area contributed by atoms with Crippen LogP contribution in [0, 0.1) is 10.1 Å². The summed E-state index contributed by atoms with van der Waals surface area (Å²) in [5.41, 5.74) is 2.56. The van der Waals surface area contributed by atoms with Gasteiger partial charge in [0.1, 0.15) is 5.69 Å². The monoisotopic (exact) mass is 305 g/mol. The van der Waals surface area contributed by atoms with Crippen LogP contribution in [0.25, 0.3) is 0 Å². The number of para-hydroxylation sites is 2. The summed E-state index contributed by atoms with van der Waals surface area (Å²) in [6.45, 7) is 0. The highest BCUT2D eigenvalue weighted by atomic mass is 16.6. The van der Waals surface area contributed by atoms with Crippen LogP contribution in [0.5, 0.6) is 0 Å². The second-order valence-corrected chi connectivity index (χ2v) is 5.04. The number of pyridine rings is 1. The smallest absolute Gasteiger partial charge is 0.292 e. The van der Waals surface area contributed by atoms with Gasteiger partial charge in [-0.25, -0.2) is 0 Å². The first-order valence-corrected chi connectivity index (χ1v) is 7.20. The summed E-state index contributed by atoms with van der Waals surface area (Å²) in [5, 5.41) is 14.5. The van der Waals surface area contributed by atoms with Gasteiger partial charge >= 0.3 is 0 Å². The minimum atomic E-state index is -0.378. The molecule has 0 fully saturated rings. The lowest BCUT2D eigenvalue weighted by molar-refractivity contribution is -0.384. The molecule has 0 saturated carbocycles. The fraction of sp³-hybridized carbons (Fsp3) is 0.0556. The van der Waals surface area contributed by atoms with Crippen LogP contribution >= 0.6 is 0 Å². The van der Waals surface area contributed by atoms with Crippen LogP contribution in [0.15, 0.2) is 79.1 Å². The van der Waals surface area contributed by atoms with Gasteiger partial charge in [-0.05, 0) is 29.3 Å². The molecule has 0 aliphatic rings. The Hall–Kier alpha value is -3.21. The minimum absolute atomic E-state index is 0.0579. The van der Waals surface area contributed by atoms with Crippen LogP contribution in [-0.2, 0) is 0 Å². The van der Waals surface area contributed by atoms with Crippen LogP contribution in [-0.4, -0.2) is 9.91 Å². The molecule has 0 spiro atoms. The zero-order chi connectivity index (χ0) is 16.1. The van der Waals surface area contributed by atoms with Crippen molar-refractivity contribution in [1.82, 2.24) is 4.98 Å². The average Bonchev–Trinajstić information content (AvgIpc) is 2.61. The number of nitrogens with one attached hydrogen (secondary N) is 1. The van der Waals surface area contributed by atoms with E-state index < -0.39 is 0 Å². The largest absolute Gasteiger partial charge is 0.369 e. The van der Waals surface area contributed by atoms with E-state index in [0.717, 1.165) is 11.1 Å². The van der Waals surface area contributed by atoms with Crippen molar-refractivity contribution in [2.45, 2.75) is 6.04 Å². The van der Waals surface area contributed by atoms with Gasteiger partial charge in [-0.3, -0.25) is 15.1 Å². The van der Waals surface area contributed by atoms with Crippen LogP contribution < -0.4 is 5.32 Å². The Morgan fingerprint density at radius 3 is 2.17 bits per heavy atom. The van der Waals surface area contributed by atoms with Crippen LogP contribution in [0.4, 0.5) is 11.4 Å². The first-order valence-electron chi connectivity index (χ1n) is 7.20. The maximum Gasteiger partial charge on any atom is 0.292 e. The number of nitro benzene ring substituents is 1. The summed E-state index contributed by atoms with van der Waals surface area (Å²) in [6, 6.07) is 20.1. The topological polar surface area (TPSA) is 68.1 Å². The molecule has 1 aromatic heterocycles. The van der Waals surface area contributed by atoms with Crippen LogP contribution in [0.2, 0.25) is 0 Å². The lowest BCUT2D eigenvalue weighted by Crippen LogP contribution is -2.13. The minimum Gasteiger partial charge on any atom is -0.369 e. The Labute approximate surface area is 133 Å². The summed E-state index contributed by atoms with van der Waals surface area (Å²) in [4.78, 5) is 14.9. The van der Waals surface area contributed by atoms with E-state index in [-0.39, 0.29) is 16.7 Å². The number of nitro groups is 1. The summed E-state index contributed by atoms with van der Waals surface area (Å²) in [7, 11) is 0. The molecule has 0 bridgehead atoms. The summed E-state index contributed by atoms with van der Waals surface area (Å²) < 4.78 is 0. The van der Waals surface area contributed by atoms with Crippen molar-refractivity contribution < 1.29 is 4.92 Å². The molecule has 5 heteroatoms. The maximum atomic E-state index is 11.2. The van der Waals surface area contributed by atoms with Gasteiger partial charge in [-0.2, -0.15) is 0 Å². The number of benzene rings is 2. The third kappa shape index (κ3) is 3.35. The highest BCUT2D eigenvalue weighted by molar-refractivity contribution is 5.63. The first-order chi connectivity index (χ1) is 11.3. The first kappa shape index (κ1) is 14.7. The third-order valence-electron chi connectivity index (χ3n) is 3.57. The molecule has 3 aromatic rings. The Kier molecular flexibility index (Phi) is 4.29. The molecular weight excluding hydrogens is 290 g/mol. The van der Waals surface area contributed by atoms with E-state index in [1.165, 1.54) is 6.07 Å². The Morgan fingerprint density at radius 1 is 0.870 bits per heavy atom. The predicted octanol–water partition coefficient (Wildman–Crippen LogP) is 4.19. The normalized spacial score (nSPS) is 11.7. The van der Waals surface area contributed by atoms with Gasteiger partial charge in [-0.15, -0.1) is 0 Å². The summed E-state index contributed by atoms with van der Waals surface area (Å²) in [6.07, 6.45) is 3.43. The highest BCUT2D eigenvalue weighted by Gasteiger charge is 2.19. The van der Waals surface area contributed by atoms with E-state index in [1.807, 2.05) is 42.5 Å². The zero-order valence-corrected chi connectivity index (χ0v) is 12.3. The Bertz CT molecular complexity index is 752. The van der Waals surface area contributed by atoms with Gasteiger partial charge in [0.05, 0.1) is 11.0 Å². The SMILES string of the molecule is O=[N+]([O-])c1ccccc1N[C@H](c1ccccc1)c1ccncc1. The molecule has 1 atom stereocenters. The average molecular weight is 305 g/mol. The number of rotatable bonds is 5. The molecule has 5 nitrogen and oxygen atoms in total. The molecule has 2 aromatic carbocycles.